The molecule has 3 aliphatic heterocycles. The summed E-state index contributed by atoms with van der Waals surface area (Å²) in [6, 6.07) is 5.58. The second-order valence-corrected chi connectivity index (χ2v) is 11.4. The van der Waals surface area contributed by atoms with Crippen LogP contribution in [0.1, 0.15) is 73.7 Å². The molecule has 8 heteroatoms. The van der Waals surface area contributed by atoms with Crippen molar-refractivity contribution in [1.82, 2.24) is 15.1 Å². The first-order valence-corrected chi connectivity index (χ1v) is 13.7. The zero-order valence-corrected chi connectivity index (χ0v) is 21.1. The SMILES string of the molecule is COC1CCC(C2CN([C@@H]3CCC[C@@H]3Oc3ccc4c(c3)CN(C3CCC(=O)NC3=O)C4=O)C2)CC1. The van der Waals surface area contributed by atoms with Gasteiger partial charge in [-0.15, -0.1) is 0 Å². The Morgan fingerprint density at radius 3 is 2.50 bits per heavy atom. The molecule has 0 aromatic heterocycles. The molecule has 1 aromatic rings. The van der Waals surface area contributed by atoms with E-state index in [1.165, 1.54) is 51.6 Å². The fraction of sp³-hybridized carbons (Fsp3) is 0.679. The number of fused-ring (bicyclic) bond motifs is 1. The number of likely N-dealkylation sites (tertiary alicyclic amines) is 1. The van der Waals surface area contributed by atoms with E-state index < -0.39 is 6.04 Å². The second kappa shape index (κ2) is 9.78. The summed E-state index contributed by atoms with van der Waals surface area (Å²) in [5.41, 5.74) is 1.52. The highest BCUT2D eigenvalue weighted by molar-refractivity contribution is 6.05. The highest BCUT2D eigenvalue weighted by atomic mass is 16.5. The van der Waals surface area contributed by atoms with Crippen LogP contribution in [0.4, 0.5) is 0 Å². The molecule has 2 saturated carbocycles. The average Bonchev–Trinajstić information content (AvgIpc) is 3.43. The fourth-order valence-electron chi connectivity index (χ4n) is 7.17. The lowest BCUT2D eigenvalue weighted by atomic mass is 9.75. The highest BCUT2D eigenvalue weighted by Crippen LogP contribution is 2.40. The number of benzene rings is 1. The number of methoxy groups -OCH3 is 1. The van der Waals surface area contributed by atoms with Crippen molar-refractivity contribution in [3.8, 4) is 5.75 Å². The molecular formula is C28H37N3O5. The Hall–Kier alpha value is -2.45. The molecule has 4 fully saturated rings. The maximum atomic E-state index is 13.0. The predicted octanol–water partition coefficient (Wildman–Crippen LogP) is 2.88. The fourth-order valence-corrected chi connectivity index (χ4v) is 7.17. The molecule has 194 valence electrons. The number of hydrogen-bond acceptors (Lipinski definition) is 6. The van der Waals surface area contributed by atoms with Gasteiger partial charge in [-0.1, -0.05) is 0 Å². The maximum Gasteiger partial charge on any atom is 0.255 e. The van der Waals surface area contributed by atoms with Gasteiger partial charge in [0.1, 0.15) is 17.9 Å². The van der Waals surface area contributed by atoms with E-state index in [0.29, 0.717) is 30.7 Å². The Kier molecular flexibility index (Phi) is 6.50. The van der Waals surface area contributed by atoms with Gasteiger partial charge in [-0.2, -0.15) is 0 Å². The molecule has 3 amide bonds. The topological polar surface area (TPSA) is 88.2 Å². The summed E-state index contributed by atoms with van der Waals surface area (Å²) in [4.78, 5) is 41.0. The number of rotatable bonds is 6. The Labute approximate surface area is 212 Å². The second-order valence-electron chi connectivity index (χ2n) is 11.4. The van der Waals surface area contributed by atoms with E-state index in [1.54, 1.807) is 4.90 Å². The molecule has 0 radical (unpaired) electrons. The molecule has 36 heavy (non-hydrogen) atoms. The van der Waals surface area contributed by atoms with Gasteiger partial charge in [0.15, 0.2) is 0 Å². The van der Waals surface area contributed by atoms with Gasteiger partial charge in [0.25, 0.3) is 5.91 Å². The first-order chi connectivity index (χ1) is 17.5. The lowest BCUT2D eigenvalue weighted by Gasteiger charge is -2.49. The highest BCUT2D eigenvalue weighted by Gasteiger charge is 2.43. The van der Waals surface area contributed by atoms with Crippen LogP contribution in [-0.4, -0.2) is 72.0 Å². The lowest BCUT2D eigenvalue weighted by Crippen LogP contribution is -2.57. The average molecular weight is 496 g/mol. The number of nitrogens with zero attached hydrogens (tertiary/aromatic N) is 2. The number of piperidine rings is 1. The lowest BCUT2D eigenvalue weighted by molar-refractivity contribution is -0.136. The molecular weight excluding hydrogens is 458 g/mol. The number of hydrogen-bond donors (Lipinski definition) is 1. The summed E-state index contributed by atoms with van der Waals surface area (Å²) in [7, 11) is 1.84. The largest absolute Gasteiger partial charge is 0.489 e. The number of carbonyl (C=O) groups excluding carboxylic acids is 3. The molecule has 0 bridgehead atoms. The van der Waals surface area contributed by atoms with E-state index in [-0.39, 0.29) is 30.2 Å². The molecule has 6 rings (SSSR count). The van der Waals surface area contributed by atoms with Crippen molar-refractivity contribution in [1.29, 1.82) is 0 Å². The number of ether oxygens (including phenoxy) is 2. The molecule has 3 heterocycles. The summed E-state index contributed by atoms with van der Waals surface area (Å²) in [5, 5.41) is 2.36. The number of amides is 3. The molecule has 2 saturated heterocycles. The van der Waals surface area contributed by atoms with Crippen LogP contribution < -0.4 is 10.1 Å². The first kappa shape index (κ1) is 23.9. The van der Waals surface area contributed by atoms with E-state index in [9.17, 15) is 14.4 Å². The van der Waals surface area contributed by atoms with Crippen molar-refractivity contribution >= 4 is 17.7 Å². The molecule has 8 nitrogen and oxygen atoms in total. The Balaban J connectivity index is 1.05. The van der Waals surface area contributed by atoms with Crippen LogP contribution in [0.2, 0.25) is 0 Å². The van der Waals surface area contributed by atoms with E-state index >= 15 is 0 Å². The monoisotopic (exact) mass is 495 g/mol. The smallest absolute Gasteiger partial charge is 0.255 e. The first-order valence-electron chi connectivity index (χ1n) is 13.7. The van der Waals surface area contributed by atoms with E-state index in [0.717, 1.165) is 29.6 Å². The third-order valence-corrected chi connectivity index (χ3v) is 9.33. The Morgan fingerprint density at radius 2 is 1.75 bits per heavy atom. The van der Waals surface area contributed by atoms with Crippen molar-refractivity contribution in [3.63, 3.8) is 0 Å². The number of carbonyl (C=O) groups is 3. The van der Waals surface area contributed by atoms with Crippen LogP contribution in [0.3, 0.4) is 0 Å². The zero-order chi connectivity index (χ0) is 24.8. The van der Waals surface area contributed by atoms with Gasteiger partial charge < -0.3 is 14.4 Å². The van der Waals surface area contributed by atoms with Gasteiger partial charge in [0.2, 0.25) is 11.8 Å². The summed E-state index contributed by atoms with van der Waals surface area (Å²) in [6.45, 7) is 2.75. The van der Waals surface area contributed by atoms with Crippen molar-refractivity contribution in [2.45, 2.75) is 88.6 Å². The summed E-state index contributed by atoms with van der Waals surface area (Å²) < 4.78 is 12.1. The van der Waals surface area contributed by atoms with Crippen LogP contribution in [0.25, 0.3) is 0 Å². The summed E-state index contributed by atoms with van der Waals surface area (Å²) in [5.74, 6) is 1.67. The van der Waals surface area contributed by atoms with Crippen LogP contribution in [0.15, 0.2) is 18.2 Å². The minimum atomic E-state index is -0.588. The van der Waals surface area contributed by atoms with Gasteiger partial charge in [0, 0.05) is 44.8 Å². The predicted molar refractivity (Wildman–Crippen MR) is 132 cm³/mol. The van der Waals surface area contributed by atoms with E-state index in [1.807, 2.05) is 25.3 Å². The molecule has 0 spiro atoms. The van der Waals surface area contributed by atoms with Crippen LogP contribution in [0, 0.1) is 11.8 Å². The molecule has 1 unspecified atom stereocenters. The quantitative estimate of drug-likeness (QED) is 0.611. The van der Waals surface area contributed by atoms with Crippen LogP contribution >= 0.6 is 0 Å². The van der Waals surface area contributed by atoms with E-state index in [2.05, 4.69) is 10.2 Å². The van der Waals surface area contributed by atoms with Gasteiger partial charge in [-0.3, -0.25) is 24.6 Å². The van der Waals surface area contributed by atoms with Crippen LogP contribution in [-0.2, 0) is 20.9 Å². The van der Waals surface area contributed by atoms with Gasteiger partial charge >= 0.3 is 0 Å². The minimum Gasteiger partial charge on any atom is -0.489 e. The maximum absolute atomic E-state index is 13.0. The number of nitrogens with one attached hydrogen (secondary N) is 1. The van der Waals surface area contributed by atoms with Gasteiger partial charge in [-0.25, -0.2) is 0 Å². The minimum absolute atomic E-state index is 0.143. The van der Waals surface area contributed by atoms with Crippen molar-refractivity contribution in [2.24, 2.45) is 11.8 Å². The van der Waals surface area contributed by atoms with Crippen molar-refractivity contribution in [2.75, 3.05) is 20.2 Å². The molecule has 2 aliphatic carbocycles. The molecule has 1 aromatic carbocycles. The summed E-state index contributed by atoms with van der Waals surface area (Å²) in [6.07, 6.45) is 9.70. The number of imide groups is 1. The van der Waals surface area contributed by atoms with E-state index in [4.69, 9.17) is 9.47 Å². The Bertz CT molecular complexity index is 1030. The molecule has 3 atom stereocenters. The van der Waals surface area contributed by atoms with Crippen LogP contribution in [0.5, 0.6) is 5.75 Å². The van der Waals surface area contributed by atoms with Gasteiger partial charge in [0.05, 0.1) is 6.10 Å². The standard InChI is InChI=1S/C28H37N3O5/c1-35-20-7-5-17(6-8-20)19-14-30(15-19)23-3-2-4-25(23)36-21-9-10-22-18(13-21)16-31(28(22)34)24-11-12-26(32)29-27(24)33/h9-10,13,17,19-20,23-25H,2-8,11-12,14-16H2,1H3,(H,29,32,33)/t17?,20?,23-,24?,25+/m1/s1. The third kappa shape index (κ3) is 4.43. The Morgan fingerprint density at radius 1 is 0.944 bits per heavy atom. The third-order valence-electron chi connectivity index (χ3n) is 9.33. The normalized spacial score (nSPS) is 33.4. The van der Waals surface area contributed by atoms with Crippen molar-refractivity contribution in [3.05, 3.63) is 29.3 Å². The summed E-state index contributed by atoms with van der Waals surface area (Å²) >= 11 is 0. The van der Waals surface area contributed by atoms with Crippen molar-refractivity contribution < 1.29 is 23.9 Å². The molecule has 1 N–H and O–H groups in total. The van der Waals surface area contributed by atoms with Gasteiger partial charge in [-0.05, 0) is 87.0 Å². The zero-order valence-electron chi connectivity index (χ0n) is 21.1. The molecule has 5 aliphatic rings.